The minimum atomic E-state index is -0.0642. The van der Waals surface area contributed by atoms with Gasteiger partial charge in [0.15, 0.2) is 0 Å². The van der Waals surface area contributed by atoms with E-state index < -0.39 is 0 Å². The SMILES string of the molecule is CC(C)C(N)c1nc(CC(=O)N(C)c2ccccc2)cs1. The van der Waals surface area contributed by atoms with E-state index in [1.54, 1.807) is 11.9 Å². The van der Waals surface area contributed by atoms with Gasteiger partial charge in [-0.2, -0.15) is 0 Å². The maximum absolute atomic E-state index is 12.3. The summed E-state index contributed by atoms with van der Waals surface area (Å²) in [7, 11) is 1.78. The number of carbonyl (C=O) groups is 1. The zero-order valence-corrected chi connectivity index (χ0v) is 13.4. The maximum atomic E-state index is 12.3. The lowest BCUT2D eigenvalue weighted by Crippen LogP contribution is -2.27. The summed E-state index contributed by atoms with van der Waals surface area (Å²) in [6, 6.07) is 9.54. The van der Waals surface area contributed by atoms with Crippen LogP contribution in [0.2, 0.25) is 0 Å². The van der Waals surface area contributed by atoms with Crippen LogP contribution < -0.4 is 10.6 Å². The molecule has 4 nitrogen and oxygen atoms in total. The molecule has 1 amide bonds. The highest BCUT2D eigenvalue weighted by molar-refractivity contribution is 7.09. The summed E-state index contributed by atoms with van der Waals surface area (Å²) in [6.45, 7) is 4.14. The normalized spacial score (nSPS) is 12.4. The third-order valence-electron chi connectivity index (χ3n) is 3.42. The van der Waals surface area contributed by atoms with Gasteiger partial charge in [-0.1, -0.05) is 32.0 Å². The van der Waals surface area contributed by atoms with Gasteiger partial charge in [-0.3, -0.25) is 4.79 Å². The van der Waals surface area contributed by atoms with Crippen LogP contribution in [0.25, 0.3) is 0 Å². The van der Waals surface area contributed by atoms with Crippen LogP contribution in [0, 0.1) is 5.92 Å². The molecule has 1 aromatic heterocycles. The maximum Gasteiger partial charge on any atom is 0.232 e. The molecule has 1 unspecified atom stereocenters. The van der Waals surface area contributed by atoms with Crippen molar-refractivity contribution >= 4 is 22.9 Å². The molecular formula is C16H21N3OS. The quantitative estimate of drug-likeness (QED) is 0.923. The molecule has 2 aromatic rings. The van der Waals surface area contributed by atoms with Crippen molar-refractivity contribution in [2.24, 2.45) is 11.7 Å². The van der Waals surface area contributed by atoms with Crippen molar-refractivity contribution in [3.05, 3.63) is 46.4 Å². The third kappa shape index (κ3) is 3.89. The van der Waals surface area contributed by atoms with Gasteiger partial charge in [0.25, 0.3) is 0 Å². The van der Waals surface area contributed by atoms with Crippen molar-refractivity contribution in [3.8, 4) is 0 Å². The Morgan fingerprint density at radius 1 is 1.33 bits per heavy atom. The molecule has 1 heterocycles. The standard InChI is InChI=1S/C16H21N3OS/c1-11(2)15(17)16-18-12(10-21-16)9-14(20)19(3)13-7-5-4-6-8-13/h4-8,10-11,15H,9,17H2,1-3H3. The summed E-state index contributed by atoms with van der Waals surface area (Å²) in [5.41, 5.74) is 7.76. The predicted molar refractivity (Wildman–Crippen MR) is 87.4 cm³/mol. The van der Waals surface area contributed by atoms with Crippen molar-refractivity contribution in [1.29, 1.82) is 0 Å². The van der Waals surface area contributed by atoms with Crippen LogP contribution in [-0.2, 0) is 11.2 Å². The molecule has 21 heavy (non-hydrogen) atoms. The summed E-state index contributed by atoms with van der Waals surface area (Å²) in [4.78, 5) is 18.4. The van der Waals surface area contributed by atoms with Crippen LogP contribution in [-0.4, -0.2) is 17.9 Å². The van der Waals surface area contributed by atoms with Crippen molar-refractivity contribution in [2.45, 2.75) is 26.3 Å². The van der Waals surface area contributed by atoms with Crippen LogP contribution in [0.5, 0.6) is 0 Å². The highest BCUT2D eigenvalue weighted by atomic mass is 32.1. The fourth-order valence-electron chi connectivity index (χ4n) is 1.91. The van der Waals surface area contributed by atoms with Crippen LogP contribution in [0.15, 0.2) is 35.7 Å². The summed E-state index contributed by atoms with van der Waals surface area (Å²) in [5.74, 6) is 0.364. The molecule has 1 aromatic carbocycles. The monoisotopic (exact) mass is 303 g/mol. The van der Waals surface area contributed by atoms with E-state index in [0.717, 1.165) is 16.4 Å². The first kappa shape index (κ1) is 15.7. The minimum Gasteiger partial charge on any atom is -0.322 e. The molecule has 0 spiro atoms. The average Bonchev–Trinajstić information content (AvgIpc) is 2.94. The average molecular weight is 303 g/mol. The van der Waals surface area contributed by atoms with E-state index in [1.165, 1.54) is 11.3 Å². The van der Waals surface area contributed by atoms with E-state index in [4.69, 9.17) is 5.73 Å². The lowest BCUT2D eigenvalue weighted by molar-refractivity contribution is -0.117. The van der Waals surface area contributed by atoms with Gasteiger partial charge in [-0.15, -0.1) is 11.3 Å². The van der Waals surface area contributed by atoms with Crippen molar-refractivity contribution in [2.75, 3.05) is 11.9 Å². The molecule has 0 aliphatic heterocycles. The van der Waals surface area contributed by atoms with Gasteiger partial charge < -0.3 is 10.6 Å². The van der Waals surface area contributed by atoms with Gasteiger partial charge in [0.2, 0.25) is 5.91 Å². The van der Waals surface area contributed by atoms with Crippen LogP contribution in [0.1, 0.15) is 30.6 Å². The highest BCUT2D eigenvalue weighted by Gasteiger charge is 2.17. The molecular weight excluding hydrogens is 282 g/mol. The number of rotatable bonds is 5. The smallest absolute Gasteiger partial charge is 0.232 e. The molecule has 2 rings (SSSR count). The van der Waals surface area contributed by atoms with Crippen molar-refractivity contribution in [3.63, 3.8) is 0 Å². The summed E-state index contributed by atoms with van der Waals surface area (Å²) >= 11 is 1.53. The number of aromatic nitrogens is 1. The van der Waals surface area contributed by atoms with Crippen LogP contribution in [0.4, 0.5) is 5.69 Å². The number of para-hydroxylation sites is 1. The number of nitrogens with zero attached hydrogens (tertiary/aromatic N) is 2. The highest BCUT2D eigenvalue weighted by Crippen LogP contribution is 2.23. The lowest BCUT2D eigenvalue weighted by Gasteiger charge is -2.16. The number of benzene rings is 1. The molecule has 0 aliphatic carbocycles. The number of anilines is 1. The third-order valence-corrected chi connectivity index (χ3v) is 4.42. The number of amides is 1. The van der Waals surface area contributed by atoms with Gasteiger partial charge in [0.1, 0.15) is 5.01 Å². The van der Waals surface area contributed by atoms with Gasteiger partial charge >= 0.3 is 0 Å². The second-order valence-corrected chi connectivity index (χ2v) is 6.30. The second kappa shape index (κ2) is 6.83. The molecule has 0 saturated carbocycles. The zero-order valence-electron chi connectivity index (χ0n) is 12.6. The van der Waals surface area contributed by atoms with Gasteiger partial charge in [-0.05, 0) is 18.1 Å². The molecule has 5 heteroatoms. The number of likely N-dealkylation sites (N-methyl/N-ethyl adjacent to an activating group) is 1. The summed E-state index contributed by atoms with van der Waals surface area (Å²) in [5, 5.41) is 2.82. The minimum absolute atomic E-state index is 0.0242. The van der Waals surface area contributed by atoms with Crippen LogP contribution >= 0.6 is 11.3 Å². The molecule has 2 N–H and O–H groups in total. The predicted octanol–water partition coefficient (Wildman–Crippen LogP) is 3.00. The fourth-order valence-corrected chi connectivity index (χ4v) is 2.90. The number of carbonyl (C=O) groups excluding carboxylic acids is 1. The first-order valence-corrected chi connectivity index (χ1v) is 7.88. The van der Waals surface area contributed by atoms with E-state index in [9.17, 15) is 4.79 Å². The second-order valence-electron chi connectivity index (χ2n) is 5.41. The Kier molecular flexibility index (Phi) is 5.09. The van der Waals surface area contributed by atoms with Crippen molar-refractivity contribution in [1.82, 2.24) is 4.98 Å². The first-order chi connectivity index (χ1) is 9.99. The van der Waals surface area contributed by atoms with Gasteiger partial charge in [0, 0.05) is 18.1 Å². The fraction of sp³-hybridized carbons (Fsp3) is 0.375. The molecule has 1 atom stereocenters. The summed E-state index contributed by atoms with van der Waals surface area (Å²) in [6.07, 6.45) is 0.298. The van der Waals surface area contributed by atoms with E-state index >= 15 is 0 Å². The van der Waals surface area contributed by atoms with E-state index in [0.29, 0.717) is 12.3 Å². The Balaban J connectivity index is 2.03. The van der Waals surface area contributed by atoms with Crippen molar-refractivity contribution < 1.29 is 4.79 Å². The van der Waals surface area contributed by atoms with E-state index in [-0.39, 0.29) is 11.9 Å². The molecule has 0 fully saturated rings. The Hall–Kier alpha value is -1.72. The molecule has 112 valence electrons. The van der Waals surface area contributed by atoms with Gasteiger partial charge in [-0.25, -0.2) is 4.98 Å². The Morgan fingerprint density at radius 3 is 2.62 bits per heavy atom. The summed E-state index contributed by atoms with van der Waals surface area (Å²) < 4.78 is 0. The first-order valence-electron chi connectivity index (χ1n) is 7.00. The molecule has 0 radical (unpaired) electrons. The molecule has 0 saturated heterocycles. The topological polar surface area (TPSA) is 59.2 Å². The van der Waals surface area contributed by atoms with Gasteiger partial charge in [0.05, 0.1) is 18.2 Å². The van der Waals surface area contributed by atoms with E-state index in [2.05, 4.69) is 18.8 Å². The number of nitrogens with two attached hydrogens (primary N) is 1. The number of hydrogen-bond donors (Lipinski definition) is 1. The Bertz CT molecular complexity index is 595. The van der Waals surface area contributed by atoms with Crippen LogP contribution in [0.3, 0.4) is 0 Å². The number of thiazole rings is 1. The Morgan fingerprint density at radius 2 is 2.00 bits per heavy atom. The Labute approximate surface area is 129 Å². The van der Waals surface area contributed by atoms with E-state index in [1.807, 2.05) is 35.7 Å². The number of hydrogen-bond acceptors (Lipinski definition) is 4. The molecule has 0 bridgehead atoms. The lowest BCUT2D eigenvalue weighted by atomic mass is 10.1. The zero-order chi connectivity index (χ0) is 15.4. The molecule has 0 aliphatic rings. The largest absolute Gasteiger partial charge is 0.322 e.